The number of fused-ring (bicyclic) bond motifs is 1. The van der Waals surface area contributed by atoms with Gasteiger partial charge in [-0.25, -0.2) is 4.99 Å². The highest BCUT2D eigenvalue weighted by molar-refractivity contribution is 8.14. The molecule has 1 aromatic heterocycles. The Hall–Kier alpha value is -2.74. The van der Waals surface area contributed by atoms with Crippen LogP contribution in [-0.4, -0.2) is 46.6 Å². The van der Waals surface area contributed by atoms with Crippen LogP contribution in [0.25, 0.3) is 0 Å². The normalized spacial score (nSPS) is 18.8. The number of aromatic nitrogens is 1. The topological polar surface area (TPSA) is 71.4 Å². The molecule has 2 aliphatic rings. The molecule has 1 aromatic carbocycles. The molecule has 25 heavy (non-hydrogen) atoms. The van der Waals surface area contributed by atoms with Crippen molar-refractivity contribution in [1.82, 2.24) is 4.98 Å². The van der Waals surface area contributed by atoms with Crippen molar-refractivity contribution in [3.63, 3.8) is 0 Å². The summed E-state index contributed by atoms with van der Waals surface area (Å²) in [6, 6.07) is 11.5. The summed E-state index contributed by atoms with van der Waals surface area (Å²) in [7, 11) is 3.25. The first-order valence-electron chi connectivity index (χ1n) is 7.71. The van der Waals surface area contributed by atoms with Gasteiger partial charge in [-0.1, -0.05) is 17.8 Å². The largest absolute Gasteiger partial charge is 0.493 e. The fraction of sp³-hybridized carbons (Fsp3) is 0.235. The first-order chi connectivity index (χ1) is 12.3. The lowest BCUT2D eigenvalue weighted by Gasteiger charge is -2.17. The van der Waals surface area contributed by atoms with Gasteiger partial charge >= 0.3 is 0 Å². The van der Waals surface area contributed by atoms with Gasteiger partial charge in [0.15, 0.2) is 11.5 Å². The van der Waals surface area contributed by atoms with Crippen LogP contribution in [0.15, 0.2) is 57.9 Å². The Balaban J connectivity index is 1.69. The van der Waals surface area contributed by atoms with E-state index in [1.807, 2.05) is 36.4 Å². The standard InChI is InChI=1S/C17H16N5O2S/c1-23-13-7-6-11(9-14(13)24-2)12-10-25-17-16(19-12)22(21-20-17)15-5-3-4-8-18-15/h3-9,16H,10H2,1-2H3/q+1. The molecule has 0 N–H and O–H groups in total. The van der Waals surface area contributed by atoms with E-state index in [2.05, 4.69) is 15.3 Å². The number of benzene rings is 1. The summed E-state index contributed by atoms with van der Waals surface area (Å²) >= 11 is 1.64. The van der Waals surface area contributed by atoms with E-state index in [0.717, 1.165) is 27.9 Å². The molecule has 0 aliphatic carbocycles. The first-order valence-corrected chi connectivity index (χ1v) is 8.69. The minimum absolute atomic E-state index is 0.267. The summed E-state index contributed by atoms with van der Waals surface area (Å²) in [6.07, 6.45) is 1.47. The number of rotatable bonds is 4. The molecule has 8 heteroatoms. The second-order valence-electron chi connectivity index (χ2n) is 5.37. The molecule has 0 radical (unpaired) electrons. The Morgan fingerprint density at radius 3 is 2.76 bits per heavy atom. The number of nitrogens with zero attached hydrogens (tertiary/aromatic N) is 5. The number of hydrogen-bond acceptors (Lipinski definition) is 7. The Morgan fingerprint density at radius 1 is 1.12 bits per heavy atom. The maximum Gasteiger partial charge on any atom is 0.283 e. The van der Waals surface area contributed by atoms with Gasteiger partial charge in [0.2, 0.25) is 5.04 Å². The van der Waals surface area contributed by atoms with Crippen molar-refractivity contribution in [3.8, 4) is 11.5 Å². The summed E-state index contributed by atoms with van der Waals surface area (Å²) in [6.45, 7) is 0. The van der Waals surface area contributed by atoms with E-state index >= 15 is 0 Å². The van der Waals surface area contributed by atoms with Crippen molar-refractivity contribution < 1.29 is 14.2 Å². The monoisotopic (exact) mass is 354 g/mol. The van der Waals surface area contributed by atoms with Gasteiger partial charge in [-0.3, -0.25) is 0 Å². The van der Waals surface area contributed by atoms with Crippen LogP contribution in [0.3, 0.4) is 0 Å². The molecule has 2 aliphatic heterocycles. The summed E-state index contributed by atoms with van der Waals surface area (Å²) in [4.78, 5) is 9.21. The van der Waals surface area contributed by atoms with E-state index in [0.29, 0.717) is 11.5 Å². The molecule has 0 saturated heterocycles. The van der Waals surface area contributed by atoms with E-state index in [9.17, 15) is 0 Å². The zero-order valence-electron chi connectivity index (χ0n) is 13.8. The van der Waals surface area contributed by atoms with Gasteiger partial charge in [0.25, 0.3) is 12.0 Å². The number of thioether (sulfide) groups is 1. The Bertz CT molecular complexity index is 895. The van der Waals surface area contributed by atoms with Gasteiger partial charge in [-0.15, -0.1) is 9.68 Å². The summed E-state index contributed by atoms with van der Waals surface area (Å²) in [5.41, 5.74) is 1.96. The molecule has 7 nitrogen and oxygen atoms in total. The van der Waals surface area contributed by atoms with E-state index in [1.165, 1.54) is 0 Å². The zero-order valence-corrected chi connectivity index (χ0v) is 14.6. The van der Waals surface area contributed by atoms with Gasteiger partial charge in [0.05, 0.1) is 25.2 Å². The molecule has 0 saturated carbocycles. The fourth-order valence-corrected chi connectivity index (χ4v) is 3.59. The fourth-order valence-electron chi connectivity index (χ4n) is 2.67. The van der Waals surface area contributed by atoms with E-state index in [-0.39, 0.29) is 6.17 Å². The molecular formula is C17H16N5O2S+. The minimum atomic E-state index is -0.267. The van der Waals surface area contributed by atoms with Gasteiger partial charge in [-0.05, 0) is 24.3 Å². The lowest BCUT2D eigenvalue weighted by atomic mass is 10.1. The van der Waals surface area contributed by atoms with Crippen molar-refractivity contribution in [1.29, 1.82) is 0 Å². The van der Waals surface area contributed by atoms with Crippen LogP contribution in [-0.2, 0) is 0 Å². The highest BCUT2D eigenvalue weighted by Crippen LogP contribution is 2.32. The van der Waals surface area contributed by atoms with Crippen molar-refractivity contribution >= 4 is 28.3 Å². The van der Waals surface area contributed by atoms with Gasteiger partial charge in [-0.2, -0.15) is 0 Å². The summed E-state index contributed by atoms with van der Waals surface area (Å²) in [5.74, 6) is 2.84. The minimum Gasteiger partial charge on any atom is -0.493 e. The van der Waals surface area contributed by atoms with Crippen molar-refractivity contribution in [2.24, 2.45) is 15.3 Å². The van der Waals surface area contributed by atoms with Crippen LogP contribution >= 0.6 is 11.8 Å². The maximum absolute atomic E-state index is 5.40. The average molecular weight is 354 g/mol. The van der Waals surface area contributed by atoms with Crippen molar-refractivity contribution in [2.75, 3.05) is 20.0 Å². The number of ether oxygens (including phenoxy) is 2. The van der Waals surface area contributed by atoms with E-state index < -0.39 is 0 Å². The SMILES string of the molecule is COc1ccc(C2=NC3C(=NN=[N+]3c3ccccn3)SC2)cc1OC. The number of pyridine rings is 1. The third kappa shape index (κ3) is 2.89. The Labute approximate surface area is 149 Å². The lowest BCUT2D eigenvalue weighted by Crippen LogP contribution is -2.30. The second-order valence-corrected chi connectivity index (χ2v) is 6.36. The molecule has 3 heterocycles. The molecule has 1 unspecified atom stereocenters. The van der Waals surface area contributed by atoms with E-state index in [4.69, 9.17) is 14.5 Å². The van der Waals surface area contributed by atoms with Crippen LogP contribution in [0.1, 0.15) is 5.56 Å². The lowest BCUT2D eigenvalue weighted by molar-refractivity contribution is -0.530. The average Bonchev–Trinajstić information content (AvgIpc) is 3.11. The molecular weight excluding hydrogens is 338 g/mol. The number of methoxy groups -OCH3 is 2. The second kappa shape index (κ2) is 6.64. The highest BCUT2D eigenvalue weighted by atomic mass is 32.2. The first kappa shape index (κ1) is 15.8. The third-order valence-corrected chi connectivity index (χ3v) is 4.93. The highest BCUT2D eigenvalue weighted by Gasteiger charge is 2.38. The zero-order chi connectivity index (χ0) is 17.2. The molecule has 1 atom stereocenters. The summed E-state index contributed by atoms with van der Waals surface area (Å²) < 4.78 is 12.4. The van der Waals surface area contributed by atoms with Crippen LogP contribution in [0.4, 0.5) is 5.82 Å². The van der Waals surface area contributed by atoms with Crippen LogP contribution in [0, 0.1) is 0 Å². The predicted molar refractivity (Wildman–Crippen MR) is 96.3 cm³/mol. The van der Waals surface area contributed by atoms with Crippen LogP contribution in [0.5, 0.6) is 11.5 Å². The molecule has 4 rings (SSSR count). The Kier molecular flexibility index (Phi) is 4.19. The number of hydrogen-bond donors (Lipinski definition) is 0. The van der Waals surface area contributed by atoms with Crippen LogP contribution < -0.4 is 9.47 Å². The predicted octanol–water partition coefficient (Wildman–Crippen LogP) is 3.08. The van der Waals surface area contributed by atoms with Crippen molar-refractivity contribution in [3.05, 3.63) is 48.2 Å². The smallest absolute Gasteiger partial charge is 0.283 e. The van der Waals surface area contributed by atoms with Gasteiger partial charge in [0, 0.05) is 22.5 Å². The molecule has 2 aromatic rings. The maximum atomic E-state index is 5.40. The molecule has 0 bridgehead atoms. The van der Waals surface area contributed by atoms with E-state index in [1.54, 1.807) is 36.9 Å². The van der Waals surface area contributed by atoms with Gasteiger partial charge in [0.1, 0.15) is 6.20 Å². The third-order valence-electron chi connectivity index (χ3n) is 3.93. The quantitative estimate of drug-likeness (QED) is 0.791. The molecule has 126 valence electrons. The van der Waals surface area contributed by atoms with Crippen molar-refractivity contribution in [2.45, 2.75) is 6.17 Å². The summed E-state index contributed by atoms with van der Waals surface area (Å²) in [5, 5.41) is 9.35. The van der Waals surface area contributed by atoms with Gasteiger partial charge < -0.3 is 9.47 Å². The van der Waals surface area contributed by atoms with Crippen LogP contribution in [0.2, 0.25) is 0 Å². The Morgan fingerprint density at radius 2 is 2.00 bits per heavy atom. The molecule has 0 spiro atoms. The molecule has 0 fully saturated rings. The molecule has 0 amide bonds. The number of aliphatic imine (C=N–C) groups is 1.